The van der Waals surface area contributed by atoms with Gasteiger partial charge < -0.3 is 25.4 Å². The van der Waals surface area contributed by atoms with E-state index in [0.29, 0.717) is 37.7 Å². The van der Waals surface area contributed by atoms with Crippen molar-refractivity contribution in [2.75, 3.05) is 30.4 Å². The lowest BCUT2D eigenvalue weighted by molar-refractivity contribution is 0.00939. The lowest BCUT2D eigenvalue weighted by Crippen LogP contribution is -2.66. The number of ether oxygens (including phenoxy) is 1. The van der Waals surface area contributed by atoms with Gasteiger partial charge in [0.2, 0.25) is 5.62 Å². The summed E-state index contributed by atoms with van der Waals surface area (Å²) in [6.45, 7) is 9.45. The molecule has 2 unspecified atom stereocenters. The fraction of sp³-hybridized carbons (Fsp3) is 0.706. The SMILES string of the molecule is CCc1[nH]c(=N)n(N)c(=O)c1N1CC2CN(C(=O)OC(C)(C)C)CCC21. The fourth-order valence-corrected chi connectivity index (χ4v) is 3.77. The largest absolute Gasteiger partial charge is 0.444 e. The first kappa shape index (κ1) is 18.3. The molecular formula is C17H28N6O3. The van der Waals surface area contributed by atoms with Crippen LogP contribution in [-0.2, 0) is 11.2 Å². The molecule has 2 fully saturated rings. The Labute approximate surface area is 152 Å². The first-order chi connectivity index (χ1) is 12.1. The number of nitrogens with two attached hydrogens (primary N) is 1. The highest BCUT2D eigenvalue weighted by atomic mass is 16.6. The Balaban J connectivity index is 1.75. The van der Waals surface area contributed by atoms with E-state index in [2.05, 4.69) is 9.88 Å². The Kier molecular flexibility index (Phi) is 4.49. The standard InChI is InChI=1S/C17H28N6O3/c1-5-11-13(14(24)23(19)15(18)20-11)22-9-10-8-21(7-6-12(10)22)16(25)26-17(2,3)4/h10,12H,5-9,19H2,1-4H3,(H2,18,20). The van der Waals surface area contributed by atoms with Gasteiger partial charge in [-0.3, -0.25) is 10.2 Å². The summed E-state index contributed by atoms with van der Waals surface area (Å²) >= 11 is 0. The lowest BCUT2D eigenvalue weighted by Gasteiger charge is -2.54. The van der Waals surface area contributed by atoms with E-state index in [1.54, 1.807) is 4.90 Å². The lowest BCUT2D eigenvalue weighted by atomic mass is 9.82. The van der Waals surface area contributed by atoms with Gasteiger partial charge in [0.05, 0.1) is 0 Å². The van der Waals surface area contributed by atoms with Crippen molar-refractivity contribution in [3.05, 3.63) is 21.7 Å². The van der Waals surface area contributed by atoms with Gasteiger partial charge in [-0.15, -0.1) is 0 Å². The number of rotatable bonds is 2. The van der Waals surface area contributed by atoms with Crippen molar-refractivity contribution in [3.63, 3.8) is 0 Å². The zero-order valence-electron chi connectivity index (χ0n) is 15.8. The van der Waals surface area contributed by atoms with Gasteiger partial charge in [-0.05, 0) is 33.6 Å². The second-order valence-electron chi connectivity index (χ2n) is 8.02. The minimum absolute atomic E-state index is 0.104. The molecule has 2 aliphatic heterocycles. The van der Waals surface area contributed by atoms with Gasteiger partial charge in [0.25, 0.3) is 5.56 Å². The molecule has 26 heavy (non-hydrogen) atoms. The van der Waals surface area contributed by atoms with Crippen molar-refractivity contribution in [2.45, 2.75) is 52.2 Å². The maximum Gasteiger partial charge on any atom is 0.410 e. The van der Waals surface area contributed by atoms with Gasteiger partial charge in [-0.1, -0.05) is 6.92 Å². The van der Waals surface area contributed by atoms with E-state index in [-0.39, 0.29) is 23.3 Å². The first-order valence-corrected chi connectivity index (χ1v) is 9.04. The number of H-pyrrole nitrogens is 1. The highest BCUT2D eigenvalue weighted by molar-refractivity contribution is 5.68. The zero-order valence-corrected chi connectivity index (χ0v) is 15.8. The maximum absolute atomic E-state index is 12.6. The van der Waals surface area contributed by atoms with Crippen LogP contribution in [-0.4, -0.2) is 51.9 Å². The summed E-state index contributed by atoms with van der Waals surface area (Å²) in [6.07, 6.45) is 1.12. The number of carbonyl (C=O) groups excluding carboxylic acids is 1. The third kappa shape index (κ3) is 3.17. The summed E-state index contributed by atoms with van der Waals surface area (Å²) in [4.78, 5) is 31.6. The number of amides is 1. The van der Waals surface area contributed by atoms with Crippen LogP contribution in [0.25, 0.3) is 0 Å². The number of likely N-dealkylation sites (tertiary alicyclic amines) is 1. The number of nitrogen functional groups attached to an aromatic ring is 1. The third-order valence-electron chi connectivity index (χ3n) is 5.04. The van der Waals surface area contributed by atoms with Gasteiger partial charge >= 0.3 is 6.09 Å². The molecule has 1 aromatic rings. The quantitative estimate of drug-likeness (QED) is 0.655. The highest BCUT2D eigenvalue weighted by Gasteiger charge is 2.45. The molecular weight excluding hydrogens is 336 g/mol. The number of aromatic nitrogens is 2. The second kappa shape index (κ2) is 6.37. The van der Waals surface area contributed by atoms with Crippen LogP contribution in [0, 0.1) is 11.3 Å². The molecule has 9 nitrogen and oxygen atoms in total. The monoisotopic (exact) mass is 364 g/mol. The van der Waals surface area contributed by atoms with Crippen molar-refractivity contribution in [2.24, 2.45) is 5.92 Å². The van der Waals surface area contributed by atoms with E-state index >= 15 is 0 Å². The van der Waals surface area contributed by atoms with E-state index in [0.717, 1.165) is 16.8 Å². The Hall–Kier alpha value is -2.45. The molecule has 0 radical (unpaired) electrons. The van der Waals surface area contributed by atoms with Crippen LogP contribution in [0.5, 0.6) is 0 Å². The number of hydrogen-bond acceptors (Lipinski definition) is 6. The molecule has 9 heteroatoms. The number of aryl methyl sites for hydroxylation is 1. The molecule has 3 heterocycles. The van der Waals surface area contributed by atoms with E-state index in [4.69, 9.17) is 16.0 Å². The number of aromatic amines is 1. The summed E-state index contributed by atoms with van der Waals surface area (Å²) in [5.41, 5.74) is 0.328. The van der Waals surface area contributed by atoms with E-state index in [9.17, 15) is 9.59 Å². The zero-order chi connectivity index (χ0) is 19.2. The first-order valence-electron chi connectivity index (χ1n) is 9.04. The summed E-state index contributed by atoms with van der Waals surface area (Å²) < 4.78 is 6.30. The number of nitrogens with one attached hydrogen (secondary N) is 2. The van der Waals surface area contributed by atoms with Crippen LogP contribution >= 0.6 is 0 Å². The average Bonchev–Trinajstić information content (AvgIpc) is 2.53. The Morgan fingerprint density at radius 1 is 1.38 bits per heavy atom. The second-order valence-corrected chi connectivity index (χ2v) is 8.02. The maximum atomic E-state index is 12.6. The van der Waals surface area contributed by atoms with Crippen LogP contribution in [0.4, 0.5) is 10.5 Å². The summed E-state index contributed by atoms with van der Waals surface area (Å²) in [5, 5.41) is 7.75. The number of hydrogen-bond donors (Lipinski definition) is 3. The van der Waals surface area contributed by atoms with Gasteiger partial charge in [0.15, 0.2) is 0 Å². The fourth-order valence-electron chi connectivity index (χ4n) is 3.77. The molecule has 0 bridgehead atoms. The van der Waals surface area contributed by atoms with Crippen LogP contribution in [0.15, 0.2) is 4.79 Å². The molecule has 3 rings (SSSR count). The average molecular weight is 364 g/mol. The molecule has 0 aliphatic carbocycles. The summed E-state index contributed by atoms with van der Waals surface area (Å²) in [7, 11) is 0. The van der Waals surface area contributed by atoms with Crippen molar-refractivity contribution >= 4 is 11.8 Å². The van der Waals surface area contributed by atoms with Crippen LogP contribution in [0.1, 0.15) is 39.8 Å². The van der Waals surface area contributed by atoms with Crippen molar-refractivity contribution in [1.82, 2.24) is 14.6 Å². The van der Waals surface area contributed by atoms with Gasteiger partial charge in [-0.25, -0.2) is 4.79 Å². The molecule has 4 N–H and O–H groups in total. The Bertz CT molecular complexity index is 821. The van der Waals surface area contributed by atoms with Crippen LogP contribution < -0.4 is 21.9 Å². The van der Waals surface area contributed by atoms with Crippen molar-refractivity contribution in [3.8, 4) is 0 Å². The molecule has 2 saturated heterocycles. The number of anilines is 1. The molecule has 0 spiro atoms. The van der Waals surface area contributed by atoms with Crippen molar-refractivity contribution in [1.29, 1.82) is 5.41 Å². The molecule has 144 valence electrons. The summed E-state index contributed by atoms with van der Waals surface area (Å²) in [5.74, 6) is 6.01. The Morgan fingerprint density at radius 3 is 2.65 bits per heavy atom. The molecule has 2 atom stereocenters. The number of fused-ring (bicyclic) bond motifs is 1. The summed E-state index contributed by atoms with van der Waals surface area (Å²) in [6, 6.07) is 0.205. The van der Waals surface area contributed by atoms with E-state index in [1.807, 2.05) is 27.7 Å². The minimum atomic E-state index is -0.504. The van der Waals surface area contributed by atoms with Gasteiger partial charge in [-0.2, -0.15) is 4.68 Å². The molecule has 0 saturated carbocycles. The van der Waals surface area contributed by atoms with Crippen molar-refractivity contribution < 1.29 is 9.53 Å². The van der Waals surface area contributed by atoms with Crippen LogP contribution in [0.3, 0.4) is 0 Å². The predicted molar refractivity (Wildman–Crippen MR) is 97.5 cm³/mol. The van der Waals surface area contributed by atoms with E-state index in [1.165, 1.54) is 0 Å². The van der Waals surface area contributed by atoms with E-state index < -0.39 is 5.60 Å². The molecule has 2 aliphatic rings. The van der Waals surface area contributed by atoms with Gasteiger partial charge in [0, 0.05) is 37.3 Å². The Morgan fingerprint density at radius 2 is 2.08 bits per heavy atom. The number of piperidine rings is 1. The minimum Gasteiger partial charge on any atom is -0.444 e. The molecule has 1 amide bonds. The highest BCUT2D eigenvalue weighted by Crippen LogP contribution is 2.36. The molecule has 0 aromatic carbocycles. The normalized spacial score (nSPS) is 22.6. The predicted octanol–water partition coefficient (Wildman–Crippen LogP) is 0.378. The number of carbonyl (C=O) groups is 1. The van der Waals surface area contributed by atoms with Gasteiger partial charge in [0.1, 0.15) is 11.3 Å². The van der Waals surface area contributed by atoms with Crippen LogP contribution in [0.2, 0.25) is 0 Å². The molecule has 1 aromatic heterocycles. The smallest absolute Gasteiger partial charge is 0.410 e. The third-order valence-corrected chi connectivity index (χ3v) is 5.04. The number of nitrogens with zero attached hydrogens (tertiary/aromatic N) is 3. The topological polar surface area (TPSA) is 120 Å².